The van der Waals surface area contributed by atoms with E-state index < -0.39 is 6.61 Å². The van der Waals surface area contributed by atoms with Crippen LogP contribution in [0.15, 0.2) is 36.4 Å². The van der Waals surface area contributed by atoms with Gasteiger partial charge in [0.2, 0.25) is 0 Å². The molecule has 3 aromatic rings. The van der Waals surface area contributed by atoms with E-state index in [-0.39, 0.29) is 28.9 Å². The van der Waals surface area contributed by atoms with Crippen molar-refractivity contribution in [2.75, 3.05) is 13.6 Å². The lowest BCUT2D eigenvalue weighted by Crippen LogP contribution is -2.30. The Bertz CT molecular complexity index is 1210. The van der Waals surface area contributed by atoms with Crippen LogP contribution in [0, 0.1) is 11.8 Å². The lowest BCUT2D eigenvalue weighted by molar-refractivity contribution is -0.0498. The summed E-state index contributed by atoms with van der Waals surface area (Å²) in [6, 6.07) is 9.80. The van der Waals surface area contributed by atoms with Crippen LogP contribution < -0.4 is 10.5 Å². The maximum Gasteiger partial charge on any atom is 0.387 e. The lowest BCUT2D eigenvalue weighted by Gasteiger charge is -2.24. The fourth-order valence-electron chi connectivity index (χ4n) is 3.94. The smallest absolute Gasteiger partial charge is 0.387 e. The Hall–Kier alpha value is -3.44. The molecule has 8 heteroatoms. The number of amides is 1. The Labute approximate surface area is 178 Å². The molecule has 2 aromatic carbocycles. The monoisotopic (exact) mass is 424 g/mol. The first-order valence-corrected chi connectivity index (χ1v) is 10.0. The largest absolute Gasteiger partial charge is 0.433 e. The van der Waals surface area contributed by atoms with Crippen molar-refractivity contribution in [2.45, 2.75) is 32.4 Å². The number of benzene rings is 2. The van der Waals surface area contributed by atoms with Gasteiger partial charge in [0.05, 0.1) is 22.6 Å². The van der Waals surface area contributed by atoms with Crippen molar-refractivity contribution in [1.82, 2.24) is 14.5 Å². The first kappa shape index (κ1) is 20.8. The molecule has 0 bridgehead atoms. The molecule has 0 fully saturated rings. The van der Waals surface area contributed by atoms with E-state index in [1.807, 2.05) is 25.1 Å². The predicted octanol–water partition coefficient (Wildman–Crippen LogP) is 3.86. The zero-order chi connectivity index (χ0) is 22.1. The average Bonchev–Trinajstić information content (AvgIpc) is 3.07. The summed E-state index contributed by atoms with van der Waals surface area (Å²) in [7, 11) is 1.69. The van der Waals surface area contributed by atoms with Gasteiger partial charge in [-0.1, -0.05) is 24.8 Å². The number of ether oxygens (including phenoxy) is 1. The first-order valence-electron chi connectivity index (χ1n) is 10.0. The Morgan fingerprint density at radius 1 is 1.29 bits per heavy atom. The number of carbonyl (C=O) groups excluding carboxylic acids is 1. The van der Waals surface area contributed by atoms with E-state index in [1.54, 1.807) is 22.6 Å². The number of hydrogen-bond donors (Lipinski definition) is 1. The normalized spacial score (nSPS) is 15.4. The third kappa shape index (κ3) is 3.62. The minimum atomic E-state index is -3.03. The van der Waals surface area contributed by atoms with Crippen LogP contribution in [0.5, 0.6) is 5.75 Å². The van der Waals surface area contributed by atoms with Gasteiger partial charge >= 0.3 is 6.61 Å². The molecule has 6 nitrogen and oxygen atoms in total. The molecule has 0 spiro atoms. The summed E-state index contributed by atoms with van der Waals surface area (Å²) in [5.41, 5.74) is 8.14. The van der Waals surface area contributed by atoms with Gasteiger partial charge in [-0.05, 0) is 36.8 Å². The number of carbonyl (C=O) groups is 1. The van der Waals surface area contributed by atoms with E-state index >= 15 is 0 Å². The van der Waals surface area contributed by atoms with Crippen molar-refractivity contribution >= 4 is 16.9 Å². The molecule has 2 heterocycles. The van der Waals surface area contributed by atoms with Crippen molar-refractivity contribution in [2.24, 2.45) is 5.73 Å². The second kappa shape index (κ2) is 8.36. The third-order valence-electron chi connectivity index (χ3n) is 5.32. The number of nitrogens with two attached hydrogens (primary N) is 1. The number of fused-ring (bicyclic) bond motifs is 5. The van der Waals surface area contributed by atoms with Crippen LogP contribution in [0.2, 0.25) is 0 Å². The fraction of sp³-hybridized carbons (Fsp3) is 0.304. The molecule has 0 saturated heterocycles. The van der Waals surface area contributed by atoms with E-state index in [1.165, 1.54) is 12.1 Å². The molecule has 1 aliphatic heterocycles. The highest BCUT2D eigenvalue weighted by Gasteiger charge is 2.35. The van der Waals surface area contributed by atoms with Crippen LogP contribution >= 0.6 is 0 Å². The zero-order valence-corrected chi connectivity index (χ0v) is 17.2. The number of para-hydroxylation sites is 1. The van der Waals surface area contributed by atoms with Gasteiger partial charge in [-0.2, -0.15) is 8.78 Å². The van der Waals surface area contributed by atoms with Crippen LogP contribution in [0.25, 0.3) is 16.7 Å². The van der Waals surface area contributed by atoms with Crippen molar-refractivity contribution in [1.29, 1.82) is 0 Å². The summed E-state index contributed by atoms with van der Waals surface area (Å²) < 4.78 is 32.9. The molecule has 160 valence electrons. The summed E-state index contributed by atoms with van der Waals surface area (Å²) in [5, 5.41) is 0. The number of nitrogens with zero attached hydrogens (tertiary/aromatic N) is 3. The molecule has 1 amide bonds. The van der Waals surface area contributed by atoms with Gasteiger partial charge in [-0.3, -0.25) is 9.36 Å². The molecular formula is C23H22F2N4O2. The Morgan fingerprint density at radius 3 is 2.81 bits per heavy atom. The van der Waals surface area contributed by atoms with E-state index in [0.717, 1.165) is 5.56 Å². The summed E-state index contributed by atoms with van der Waals surface area (Å²) >= 11 is 0. The van der Waals surface area contributed by atoms with Gasteiger partial charge < -0.3 is 15.4 Å². The first-order chi connectivity index (χ1) is 15.0. The Morgan fingerprint density at radius 2 is 2.10 bits per heavy atom. The maximum atomic E-state index is 13.2. The molecule has 1 atom stereocenters. The second-order valence-electron chi connectivity index (χ2n) is 7.22. The lowest BCUT2D eigenvalue weighted by atomic mass is 10.1. The van der Waals surface area contributed by atoms with E-state index in [9.17, 15) is 13.6 Å². The second-order valence-corrected chi connectivity index (χ2v) is 7.22. The molecule has 4 rings (SSSR count). The number of hydrogen-bond acceptors (Lipinski definition) is 4. The highest BCUT2D eigenvalue weighted by atomic mass is 19.3. The number of imidazole rings is 1. The van der Waals surface area contributed by atoms with Gasteiger partial charge in [-0.15, -0.1) is 0 Å². The van der Waals surface area contributed by atoms with Crippen LogP contribution in [0.1, 0.15) is 47.6 Å². The quantitative estimate of drug-likeness (QED) is 0.646. The molecule has 31 heavy (non-hydrogen) atoms. The summed E-state index contributed by atoms with van der Waals surface area (Å²) in [6.45, 7) is -0.611. The molecule has 0 saturated carbocycles. The topological polar surface area (TPSA) is 73.4 Å². The molecule has 1 unspecified atom stereocenters. The number of rotatable bonds is 4. The van der Waals surface area contributed by atoms with Crippen molar-refractivity contribution < 1.29 is 18.3 Å². The van der Waals surface area contributed by atoms with Gasteiger partial charge in [0.1, 0.15) is 11.5 Å². The highest BCUT2D eigenvalue weighted by Crippen LogP contribution is 2.40. The molecule has 1 aromatic heterocycles. The summed E-state index contributed by atoms with van der Waals surface area (Å²) in [5.74, 6) is 6.30. The summed E-state index contributed by atoms with van der Waals surface area (Å²) in [6.07, 6.45) is 1.17. The van der Waals surface area contributed by atoms with Gasteiger partial charge in [0, 0.05) is 25.6 Å². The summed E-state index contributed by atoms with van der Waals surface area (Å²) in [4.78, 5) is 19.6. The maximum absolute atomic E-state index is 13.2. The molecular weight excluding hydrogens is 402 g/mol. The van der Waals surface area contributed by atoms with Crippen molar-refractivity contribution in [3.63, 3.8) is 0 Å². The number of alkyl halides is 2. The highest BCUT2D eigenvalue weighted by molar-refractivity contribution is 6.00. The van der Waals surface area contributed by atoms with Gasteiger partial charge in [0.25, 0.3) is 5.91 Å². The number of aromatic nitrogens is 2. The van der Waals surface area contributed by atoms with Crippen molar-refractivity contribution in [3.8, 4) is 23.3 Å². The molecule has 1 aliphatic rings. The van der Waals surface area contributed by atoms with Crippen LogP contribution in [-0.4, -0.2) is 40.6 Å². The number of halogens is 2. The van der Waals surface area contributed by atoms with Gasteiger partial charge in [-0.25, -0.2) is 4.98 Å². The van der Waals surface area contributed by atoms with Crippen LogP contribution in [0.3, 0.4) is 0 Å². The third-order valence-corrected chi connectivity index (χ3v) is 5.32. The molecule has 2 N–H and O–H groups in total. The van der Waals surface area contributed by atoms with Crippen LogP contribution in [0.4, 0.5) is 8.78 Å². The van der Waals surface area contributed by atoms with E-state index in [0.29, 0.717) is 36.2 Å². The fourth-order valence-corrected chi connectivity index (χ4v) is 3.94. The van der Waals surface area contributed by atoms with Gasteiger partial charge in [0.15, 0.2) is 5.75 Å². The van der Waals surface area contributed by atoms with E-state index in [2.05, 4.69) is 11.8 Å². The van der Waals surface area contributed by atoms with Crippen molar-refractivity contribution in [3.05, 3.63) is 53.3 Å². The Balaban J connectivity index is 2.06. The standard InChI is InChI=1S/C23H22F2N4O2/c1-3-17-21-27-16-11-10-14(7-4-5-12-26)13-18(16)29(21)20-15(22(30)28(17)2)8-6-9-19(20)31-23(24)25/h6,8-11,13,17,23H,3,5,12,26H2,1-2H3. The predicted molar refractivity (Wildman–Crippen MR) is 113 cm³/mol. The zero-order valence-electron chi connectivity index (χ0n) is 17.2. The Kier molecular flexibility index (Phi) is 5.61. The molecule has 0 radical (unpaired) electrons. The minimum absolute atomic E-state index is 0.0776. The molecule has 0 aliphatic carbocycles. The minimum Gasteiger partial charge on any atom is -0.433 e. The SMILES string of the molecule is CCC1c2nc3ccc(C#CCCN)cc3n2-c2c(OC(F)F)cccc2C(=O)N1C. The van der Waals surface area contributed by atoms with E-state index in [4.69, 9.17) is 15.5 Å². The average molecular weight is 424 g/mol. The van der Waals surface area contributed by atoms with Crippen LogP contribution in [-0.2, 0) is 0 Å².